The predicted octanol–water partition coefficient (Wildman–Crippen LogP) is 2.10. The highest BCUT2D eigenvalue weighted by atomic mass is 16.6. The summed E-state index contributed by atoms with van der Waals surface area (Å²) in [6.07, 6.45) is 0. The van der Waals surface area contributed by atoms with Crippen LogP contribution in [0.1, 0.15) is 6.92 Å². The Morgan fingerprint density at radius 1 is 1.60 bits per heavy atom. The Bertz CT molecular complexity index is 462. The van der Waals surface area contributed by atoms with Gasteiger partial charge in [0.2, 0.25) is 5.91 Å². The number of hydrogen-bond donors (Lipinski definition) is 1. The summed E-state index contributed by atoms with van der Waals surface area (Å²) in [7, 11) is 0. The summed E-state index contributed by atoms with van der Waals surface area (Å²) in [6.45, 7) is 8.02. The van der Waals surface area contributed by atoms with Gasteiger partial charge in [-0.25, -0.2) is 4.85 Å². The van der Waals surface area contributed by atoms with Gasteiger partial charge in [0.1, 0.15) is 0 Å². The minimum atomic E-state index is -0.654. The van der Waals surface area contributed by atoms with E-state index in [9.17, 15) is 14.9 Å². The molecule has 0 saturated heterocycles. The molecule has 0 spiro atoms. The minimum Gasteiger partial charge on any atom is -0.326 e. The van der Waals surface area contributed by atoms with E-state index in [0.29, 0.717) is 5.69 Å². The second-order valence-electron chi connectivity index (χ2n) is 2.75. The molecule has 0 aliphatic carbocycles. The number of nitrogens with one attached hydrogen (secondary N) is 1. The minimum absolute atomic E-state index is 0.0471. The van der Waals surface area contributed by atoms with Crippen molar-refractivity contribution in [3.8, 4) is 0 Å². The zero-order valence-corrected chi connectivity index (χ0v) is 7.85. The molecule has 0 aliphatic heterocycles. The smallest absolute Gasteiger partial charge is 0.281 e. The molecule has 0 fully saturated rings. The molecule has 6 heteroatoms. The molecular formula is C9H7N3O3. The van der Waals surface area contributed by atoms with Crippen molar-refractivity contribution in [2.24, 2.45) is 0 Å². The Hall–Kier alpha value is -2.42. The Morgan fingerprint density at radius 2 is 2.27 bits per heavy atom. The molecule has 0 heterocycles. The van der Waals surface area contributed by atoms with Crippen molar-refractivity contribution in [3.05, 3.63) is 39.7 Å². The highest BCUT2D eigenvalue weighted by Gasteiger charge is 2.14. The summed E-state index contributed by atoms with van der Waals surface area (Å²) in [5.41, 5.74) is -0.0491. The predicted molar refractivity (Wildman–Crippen MR) is 53.7 cm³/mol. The summed E-state index contributed by atoms with van der Waals surface area (Å²) in [5.74, 6) is -0.320. The van der Waals surface area contributed by atoms with Crippen molar-refractivity contribution < 1.29 is 9.72 Å². The molecule has 0 radical (unpaired) electrons. The van der Waals surface area contributed by atoms with Crippen LogP contribution < -0.4 is 5.32 Å². The number of nitro groups is 1. The fraction of sp³-hybridized carbons (Fsp3) is 0.111. The van der Waals surface area contributed by atoms with E-state index in [1.165, 1.54) is 19.1 Å². The van der Waals surface area contributed by atoms with E-state index in [4.69, 9.17) is 6.57 Å². The van der Waals surface area contributed by atoms with Crippen LogP contribution >= 0.6 is 0 Å². The van der Waals surface area contributed by atoms with Crippen LogP contribution in [0, 0.1) is 16.7 Å². The zero-order chi connectivity index (χ0) is 11.4. The Kier molecular flexibility index (Phi) is 2.98. The standard InChI is InChI=1S/C9H7N3O3/c1-6(13)11-7-3-4-8(10-2)9(5-7)12(14)15/h3-5H,1H3,(H,11,13). The van der Waals surface area contributed by atoms with E-state index in [1.54, 1.807) is 0 Å². The fourth-order valence-corrected chi connectivity index (χ4v) is 1.05. The number of anilines is 1. The maximum atomic E-state index is 10.7. The van der Waals surface area contributed by atoms with Crippen LogP contribution in [0.5, 0.6) is 0 Å². The number of nitro benzene ring substituents is 1. The number of carbonyl (C=O) groups excluding carboxylic acids is 1. The van der Waals surface area contributed by atoms with Gasteiger partial charge in [-0.3, -0.25) is 14.9 Å². The molecule has 0 aliphatic rings. The van der Waals surface area contributed by atoms with Gasteiger partial charge in [0, 0.05) is 18.7 Å². The summed E-state index contributed by atoms with van der Waals surface area (Å²) in [4.78, 5) is 23.6. The van der Waals surface area contributed by atoms with Gasteiger partial charge in [-0.05, 0) is 12.1 Å². The number of carbonyl (C=O) groups is 1. The second kappa shape index (κ2) is 4.19. The summed E-state index contributed by atoms with van der Waals surface area (Å²) in [5, 5.41) is 13.0. The third-order valence-electron chi connectivity index (χ3n) is 1.61. The van der Waals surface area contributed by atoms with Crippen LogP contribution in [-0.2, 0) is 4.79 Å². The number of amides is 1. The Morgan fingerprint density at radius 3 is 2.73 bits per heavy atom. The van der Waals surface area contributed by atoms with Crippen molar-refractivity contribution in [3.63, 3.8) is 0 Å². The molecule has 6 nitrogen and oxygen atoms in total. The monoisotopic (exact) mass is 205 g/mol. The molecule has 15 heavy (non-hydrogen) atoms. The molecule has 1 aromatic rings. The molecule has 1 N–H and O–H groups in total. The van der Waals surface area contributed by atoms with Crippen LogP contribution in [0.4, 0.5) is 17.1 Å². The first kappa shape index (κ1) is 10.7. The molecule has 1 rings (SSSR count). The molecular weight excluding hydrogens is 198 g/mol. The van der Waals surface area contributed by atoms with Crippen LogP contribution in [0.15, 0.2) is 18.2 Å². The topological polar surface area (TPSA) is 76.6 Å². The molecule has 0 bridgehead atoms. The molecule has 0 atom stereocenters. The first-order valence-electron chi connectivity index (χ1n) is 3.98. The average Bonchev–Trinajstić information content (AvgIpc) is 2.16. The third-order valence-corrected chi connectivity index (χ3v) is 1.61. The van der Waals surface area contributed by atoms with Crippen molar-refractivity contribution in [2.45, 2.75) is 6.92 Å². The van der Waals surface area contributed by atoms with Crippen LogP contribution in [0.25, 0.3) is 4.85 Å². The lowest BCUT2D eigenvalue weighted by Gasteiger charge is -2.02. The molecule has 0 aromatic heterocycles. The summed E-state index contributed by atoms with van der Waals surface area (Å²) < 4.78 is 0. The van der Waals surface area contributed by atoms with Crippen LogP contribution in [0.2, 0.25) is 0 Å². The maximum absolute atomic E-state index is 10.7. The number of nitrogens with zero attached hydrogens (tertiary/aromatic N) is 2. The van der Waals surface area contributed by atoms with Gasteiger partial charge in [-0.2, -0.15) is 0 Å². The lowest BCUT2D eigenvalue weighted by molar-refractivity contribution is -0.383. The lowest BCUT2D eigenvalue weighted by atomic mass is 10.2. The highest BCUT2D eigenvalue weighted by molar-refractivity contribution is 5.89. The van der Waals surface area contributed by atoms with E-state index >= 15 is 0 Å². The number of hydrogen-bond acceptors (Lipinski definition) is 3. The van der Waals surface area contributed by atoms with Gasteiger partial charge >= 0.3 is 0 Å². The van der Waals surface area contributed by atoms with Crippen molar-refractivity contribution in [1.29, 1.82) is 0 Å². The van der Waals surface area contributed by atoms with Crippen molar-refractivity contribution >= 4 is 23.0 Å². The van der Waals surface area contributed by atoms with Crippen LogP contribution in [0.3, 0.4) is 0 Å². The maximum Gasteiger partial charge on any atom is 0.281 e. The Balaban J connectivity index is 3.17. The van der Waals surface area contributed by atoms with Gasteiger partial charge in [-0.15, -0.1) is 0 Å². The number of rotatable bonds is 2. The highest BCUT2D eigenvalue weighted by Crippen LogP contribution is 2.30. The molecule has 1 amide bonds. The van der Waals surface area contributed by atoms with Gasteiger partial charge in [0.15, 0.2) is 0 Å². The lowest BCUT2D eigenvalue weighted by Crippen LogP contribution is -2.05. The third kappa shape index (κ3) is 2.51. The largest absolute Gasteiger partial charge is 0.326 e. The zero-order valence-electron chi connectivity index (χ0n) is 7.85. The fourth-order valence-electron chi connectivity index (χ4n) is 1.05. The molecule has 0 saturated carbocycles. The summed E-state index contributed by atoms with van der Waals surface area (Å²) in [6, 6.07) is 3.91. The average molecular weight is 205 g/mol. The molecule has 0 unspecified atom stereocenters. The first-order valence-corrected chi connectivity index (χ1v) is 3.98. The van der Waals surface area contributed by atoms with Gasteiger partial charge in [-0.1, -0.05) is 0 Å². The normalized spacial score (nSPS) is 9.07. The summed E-state index contributed by atoms with van der Waals surface area (Å²) >= 11 is 0. The van der Waals surface area contributed by atoms with Crippen LogP contribution in [-0.4, -0.2) is 10.8 Å². The molecule has 1 aromatic carbocycles. The van der Waals surface area contributed by atoms with Crippen molar-refractivity contribution in [2.75, 3.05) is 5.32 Å². The van der Waals surface area contributed by atoms with Gasteiger partial charge < -0.3 is 5.32 Å². The van der Waals surface area contributed by atoms with E-state index in [-0.39, 0.29) is 17.3 Å². The second-order valence-corrected chi connectivity index (χ2v) is 2.75. The quantitative estimate of drug-likeness (QED) is 0.456. The van der Waals surface area contributed by atoms with Gasteiger partial charge in [0.25, 0.3) is 11.4 Å². The van der Waals surface area contributed by atoms with E-state index in [2.05, 4.69) is 10.2 Å². The van der Waals surface area contributed by atoms with Gasteiger partial charge in [0.05, 0.1) is 11.5 Å². The van der Waals surface area contributed by atoms with E-state index in [0.717, 1.165) is 6.07 Å². The SMILES string of the molecule is [C-]#[N+]c1ccc(NC(C)=O)cc1[N+](=O)[O-]. The van der Waals surface area contributed by atoms with E-state index in [1.807, 2.05) is 0 Å². The molecule has 76 valence electrons. The van der Waals surface area contributed by atoms with E-state index < -0.39 is 4.92 Å². The first-order chi connectivity index (χ1) is 7.04. The number of benzene rings is 1. The van der Waals surface area contributed by atoms with Crippen molar-refractivity contribution in [1.82, 2.24) is 0 Å². The Labute approximate surface area is 85.5 Å².